The molecule has 1 N–H and O–H groups in total. The maximum Gasteiger partial charge on any atom is 0.221 e. The number of carbonyl (C=O) groups excluding carboxylic acids is 1. The van der Waals surface area contributed by atoms with E-state index in [9.17, 15) is 9.18 Å². The predicted octanol–water partition coefficient (Wildman–Crippen LogP) is 1.51. The molecule has 0 spiro atoms. The van der Waals surface area contributed by atoms with E-state index in [-0.39, 0.29) is 11.6 Å². The molecule has 2 nitrogen and oxygen atoms in total. The standard InChI is InChI=1S/C7H10FNO/c1-4-7(5(2)8)9-6(3)10/h4H,1H2,2-3H3,(H,9,10)/b7-5-. The van der Waals surface area contributed by atoms with Gasteiger partial charge < -0.3 is 5.32 Å². The van der Waals surface area contributed by atoms with Crippen molar-refractivity contribution in [2.24, 2.45) is 0 Å². The monoisotopic (exact) mass is 143 g/mol. The Morgan fingerprint density at radius 3 is 2.20 bits per heavy atom. The number of rotatable bonds is 2. The molecule has 0 aromatic heterocycles. The molecule has 0 aliphatic heterocycles. The molecule has 0 aromatic carbocycles. The van der Waals surface area contributed by atoms with Crippen molar-refractivity contribution < 1.29 is 9.18 Å². The maximum atomic E-state index is 12.3. The molecule has 3 heteroatoms. The first-order valence-electron chi connectivity index (χ1n) is 2.84. The van der Waals surface area contributed by atoms with Gasteiger partial charge in [-0.05, 0) is 13.0 Å². The van der Waals surface area contributed by atoms with Gasteiger partial charge in [0.1, 0.15) is 5.83 Å². The van der Waals surface area contributed by atoms with Crippen LogP contribution in [0.2, 0.25) is 0 Å². The van der Waals surface area contributed by atoms with Gasteiger partial charge >= 0.3 is 0 Å². The highest BCUT2D eigenvalue weighted by molar-refractivity contribution is 5.75. The van der Waals surface area contributed by atoms with Crippen LogP contribution in [0, 0.1) is 0 Å². The number of halogens is 1. The summed E-state index contributed by atoms with van der Waals surface area (Å²) in [6, 6.07) is 0. The Morgan fingerprint density at radius 1 is 1.60 bits per heavy atom. The second-order valence-corrected chi connectivity index (χ2v) is 1.83. The predicted molar refractivity (Wildman–Crippen MR) is 37.8 cm³/mol. The molecule has 0 radical (unpaired) electrons. The van der Waals surface area contributed by atoms with Gasteiger partial charge in [0.2, 0.25) is 5.91 Å². The van der Waals surface area contributed by atoms with E-state index < -0.39 is 5.83 Å². The van der Waals surface area contributed by atoms with E-state index in [0.29, 0.717) is 0 Å². The van der Waals surface area contributed by atoms with Crippen LogP contribution in [-0.4, -0.2) is 5.91 Å². The van der Waals surface area contributed by atoms with Crippen LogP contribution in [-0.2, 0) is 4.79 Å². The number of amides is 1. The average Bonchev–Trinajstić information content (AvgIpc) is 1.81. The second-order valence-electron chi connectivity index (χ2n) is 1.83. The van der Waals surface area contributed by atoms with Gasteiger partial charge in [0.25, 0.3) is 0 Å². The first-order valence-corrected chi connectivity index (χ1v) is 2.84. The van der Waals surface area contributed by atoms with Crippen molar-refractivity contribution in [2.75, 3.05) is 0 Å². The molecule has 0 unspecified atom stereocenters. The van der Waals surface area contributed by atoms with Crippen LogP contribution in [0.3, 0.4) is 0 Å². The third-order valence-electron chi connectivity index (χ3n) is 0.886. The van der Waals surface area contributed by atoms with Gasteiger partial charge in [0.15, 0.2) is 0 Å². The Balaban J connectivity index is 4.25. The van der Waals surface area contributed by atoms with Crippen molar-refractivity contribution in [2.45, 2.75) is 13.8 Å². The summed E-state index contributed by atoms with van der Waals surface area (Å²) in [4.78, 5) is 10.4. The minimum atomic E-state index is -0.440. The van der Waals surface area contributed by atoms with Gasteiger partial charge in [-0.25, -0.2) is 4.39 Å². The highest BCUT2D eigenvalue weighted by Crippen LogP contribution is 2.01. The zero-order chi connectivity index (χ0) is 8.15. The van der Waals surface area contributed by atoms with Crippen LogP contribution in [0.5, 0.6) is 0 Å². The molecule has 0 saturated carbocycles. The van der Waals surface area contributed by atoms with E-state index in [4.69, 9.17) is 0 Å². The average molecular weight is 143 g/mol. The Hall–Kier alpha value is -1.12. The third kappa shape index (κ3) is 3.02. The Morgan fingerprint density at radius 2 is 2.10 bits per heavy atom. The van der Waals surface area contributed by atoms with E-state index in [0.717, 1.165) is 0 Å². The fourth-order valence-electron chi connectivity index (χ4n) is 0.467. The number of hydrogen-bond donors (Lipinski definition) is 1. The van der Waals surface area contributed by atoms with Crippen LogP contribution in [0.15, 0.2) is 24.2 Å². The molecule has 10 heavy (non-hydrogen) atoms. The SMILES string of the molecule is C=C/C(NC(C)=O)=C(\C)F. The summed E-state index contributed by atoms with van der Waals surface area (Å²) in [6.45, 7) is 5.89. The van der Waals surface area contributed by atoms with Gasteiger partial charge in [-0.2, -0.15) is 0 Å². The summed E-state index contributed by atoms with van der Waals surface area (Å²) in [5, 5.41) is 2.28. The molecule has 0 saturated heterocycles. The molecule has 0 rings (SSSR count). The van der Waals surface area contributed by atoms with E-state index >= 15 is 0 Å². The van der Waals surface area contributed by atoms with Gasteiger partial charge in [-0.1, -0.05) is 6.58 Å². The highest BCUT2D eigenvalue weighted by atomic mass is 19.1. The minimum absolute atomic E-state index is 0.132. The maximum absolute atomic E-state index is 12.3. The van der Waals surface area contributed by atoms with Crippen molar-refractivity contribution >= 4 is 5.91 Å². The molecule has 0 bridgehead atoms. The summed E-state index contributed by atoms with van der Waals surface area (Å²) in [5.41, 5.74) is 0.132. The molecule has 0 fully saturated rings. The van der Waals surface area contributed by atoms with Crippen LogP contribution in [0.25, 0.3) is 0 Å². The molecule has 0 aromatic rings. The summed E-state index contributed by atoms with van der Waals surface area (Å²) < 4.78 is 12.3. The molecular formula is C7H10FNO. The molecule has 0 heterocycles. The smallest absolute Gasteiger partial charge is 0.221 e. The normalized spacial score (nSPS) is 11.9. The van der Waals surface area contributed by atoms with E-state index in [1.54, 1.807) is 0 Å². The number of nitrogens with one attached hydrogen (secondary N) is 1. The fraction of sp³-hybridized carbons (Fsp3) is 0.286. The quantitative estimate of drug-likeness (QED) is 0.583. The zero-order valence-corrected chi connectivity index (χ0v) is 6.07. The molecular weight excluding hydrogens is 133 g/mol. The van der Waals surface area contributed by atoms with Crippen LogP contribution in [0.1, 0.15) is 13.8 Å². The summed E-state index contributed by atoms with van der Waals surface area (Å²) in [7, 11) is 0. The summed E-state index contributed by atoms with van der Waals surface area (Å²) in [5.74, 6) is -0.739. The largest absolute Gasteiger partial charge is 0.324 e. The highest BCUT2D eigenvalue weighted by Gasteiger charge is 1.97. The minimum Gasteiger partial charge on any atom is -0.324 e. The lowest BCUT2D eigenvalue weighted by molar-refractivity contribution is -0.118. The van der Waals surface area contributed by atoms with Crippen molar-refractivity contribution in [1.82, 2.24) is 5.32 Å². The van der Waals surface area contributed by atoms with E-state index in [2.05, 4.69) is 11.9 Å². The van der Waals surface area contributed by atoms with Gasteiger partial charge in [-0.3, -0.25) is 4.79 Å². The first kappa shape index (κ1) is 8.88. The lowest BCUT2D eigenvalue weighted by Gasteiger charge is -2.00. The van der Waals surface area contributed by atoms with Crippen LogP contribution < -0.4 is 5.32 Å². The molecule has 0 aliphatic rings. The van der Waals surface area contributed by atoms with E-state index in [1.165, 1.54) is 19.9 Å². The van der Waals surface area contributed by atoms with Crippen LogP contribution >= 0.6 is 0 Å². The Bertz CT molecular complexity index is 180. The molecule has 0 atom stereocenters. The third-order valence-corrected chi connectivity index (χ3v) is 0.886. The number of allylic oxidation sites excluding steroid dienone is 2. The van der Waals surface area contributed by atoms with Gasteiger partial charge in [0, 0.05) is 6.92 Å². The van der Waals surface area contributed by atoms with Gasteiger partial charge in [0.05, 0.1) is 5.70 Å². The van der Waals surface area contributed by atoms with Crippen molar-refractivity contribution in [3.63, 3.8) is 0 Å². The van der Waals surface area contributed by atoms with Crippen molar-refractivity contribution in [3.05, 3.63) is 24.2 Å². The number of hydrogen-bond acceptors (Lipinski definition) is 1. The molecule has 1 amide bonds. The van der Waals surface area contributed by atoms with Crippen molar-refractivity contribution in [1.29, 1.82) is 0 Å². The number of carbonyl (C=O) groups is 1. The second kappa shape index (κ2) is 3.82. The lowest BCUT2D eigenvalue weighted by atomic mass is 10.4. The zero-order valence-electron chi connectivity index (χ0n) is 6.07. The summed E-state index contributed by atoms with van der Waals surface area (Å²) in [6.07, 6.45) is 1.26. The van der Waals surface area contributed by atoms with Crippen LogP contribution in [0.4, 0.5) is 4.39 Å². The Labute approximate surface area is 59.4 Å². The molecule has 0 aliphatic carbocycles. The van der Waals surface area contributed by atoms with Crippen molar-refractivity contribution in [3.8, 4) is 0 Å². The Kier molecular flexibility index (Phi) is 3.39. The van der Waals surface area contributed by atoms with E-state index in [1.807, 2.05) is 0 Å². The topological polar surface area (TPSA) is 29.1 Å². The fourth-order valence-corrected chi connectivity index (χ4v) is 0.467. The lowest BCUT2D eigenvalue weighted by Crippen LogP contribution is -2.18. The summed E-state index contributed by atoms with van der Waals surface area (Å²) >= 11 is 0. The first-order chi connectivity index (χ1) is 4.57. The molecule has 56 valence electrons. The van der Waals surface area contributed by atoms with Gasteiger partial charge in [-0.15, -0.1) is 0 Å².